The van der Waals surface area contributed by atoms with Crippen LogP contribution in [0.5, 0.6) is 0 Å². The number of anilines is 1. The largest absolute Gasteiger partial charge is 0.356 e. The molecule has 134 valence electrons. The molecule has 7 heteroatoms. The molecule has 2 heterocycles. The van der Waals surface area contributed by atoms with Crippen LogP contribution < -0.4 is 5.32 Å². The van der Waals surface area contributed by atoms with E-state index in [-0.39, 0.29) is 5.91 Å². The van der Waals surface area contributed by atoms with Gasteiger partial charge in [0.1, 0.15) is 0 Å². The molecule has 0 saturated carbocycles. The van der Waals surface area contributed by atoms with Gasteiger partial charge < -0.3 is 10.2 Å². The van der Waals surface area contributed by atoms with E-state index in [9.17, 15) is 4.79 Å². The van der Waals surface area contributed by atoms with Gasteiger partial charge in [0, 0.05) is 19.6 Å². The van der Waals surface area contributed by atoms with Crippen molar-refractivity contribution in [3.05, 3.63) is 35.9 Å². The second kappa shape index (κ2) is 8.67. The van der Waals surface area contributed by atoms with Crippen molar-refractivity contribution in [1.29, 1.82) is 0 Å². The van der Waals surface area contributed by atoms with Crippen LogP contribution in [0.2, 0.25) is 0 Å². The van der Waals surface area contributed by atoms with Crippen LogP contribution in [0.15, 0.2) is 34.7 Å². The van der Waals surface area contributed by atoms with Crippen molar-refractivity contribution in [2.24, 2.45) is 11.8 Å². The van der Waals surface area contributed by atoms with Crippen molar-refractivity contribution < 1.29 is 4.79 Å². The minimum atomic E-state index is 0.206. The molecule has 0 aliphatic carbocycles. The van der Waals surface area contributed by atoms with Gasteiger partial charge in [-0.2, -0.15) is 0 Å². The molecule has 1 fully saturated rings. The number of hydrogen-bond donors (Lipinski definition) is 1. The molecule has 2 atom stereocenters. The second-order valence-corrected chi connectivity index (χ2v) is 8.95. The first-order chi connectivity index (χ1) is 12.1. The van der Waals surface area contributed by atoms with Crippen LogP contribution in [-0.4, -0.2) is 39.8 Å². The lowest BCUT2D eigenvalue weighted by molar-refractivity contribution is -0.130. The van der Waals surface area contributed by atoms with Crippen molar-refractivity contribution in [1.82, 2.24) is 15.1 Å². The number of benzene rings is 1. The van der Waals surface area contributed by atoms with Gasteiger partial charge >= 0.3 is 0 Å². The number of hydrogen-bond acceptors (Lipinski definition) is 6. The molecule has 1 N–H and O–H groups in total. The fourth-order valence-electron chi connectivity index (χ4n) is 3.19. The van der Waals surface area contributed by atoms with Gasteiger partial charge in [-0.05, 0) is 23.8 Å². The molecule has 0 unspecified atom stereocenters. The van der Waals surface area contributed by atoms with E-state index in [0.717, 1.165) is 29.1 Å². The first kappa shape index (κ1) is 18.2. The standard InChI is InChI=1S/C18H24N4OS2/c1-13-8-14(2)11-22(10-13)16(23)12-24-18-21-20-17(25-18)19-9-15-6-4-3-5-7-15/h3-7,13-14H,8-12H2,1-2H3,(H,19,20)/t13-,14+. The first-order valence-corrected chi connectivity index (χ1v) is 10.4. The monoisotopic (exact) mass is 376 g/mol. The molecule has 25 heavy (non-hydrogen) atoms. The van der Waals surface area contributed by atoms with Gasteiger partial charge in [0.15, 0.2) is 4.34 Å². The molecule has 1 aromatic heterocycles. The summed E-state index contributed by atoms with van der Waals surface area (Å²) in [4.78, 5) is 14.4. The number of aromatic nitrogens is 2. The zero-order valence-corrected chi connectivity index (χ0v) is 16.3. The van der Waals surface area contributed by atoms with Crippen molar-refractivity contribution in [2.75, 3.05) is 24.2 Å². The summed E-state index contributed by atoms with van der Waals surface area (Å²) in [6, 6.07) is 10.2. The van der Waals surface area contributed by atoms with Crippen LogP contribution in [-0.2, 0) is 11.3 Å². The van der Waals surface area contributed by atoms with Gasteiger partial charge in [0.2, 0.25) is 11.0 Å². The predicted molar refractivity (Wildman–Crippen MR) is 104 cm³/mol. The van der Waals surface area contributed by atoms with Gasteiger partial charge in [0.05, 0.1) is 5.75 Å². The predicted octanol–water partition coefficient (Wildman–Crippen LogP) is 3.75. The third-order valence-electron chi connectivity index (χ3n) is 4.23. The highest BCUT2D eigenvalue weighted by Crippen LogP contribution is 2.27. The van der Waals surface area contributed by atoms with E-state index in [1.54, 1.807) is 0 Å². The maximum atomic E-state index is 12.4. The molecular formula is C18H24N4OS2. The number of carbonyl (C=O) groups excluding carboxylic acids is 1. The van der Waals surface area contributed by atoms with Gasteiger partial charge in [-0.25, -0.2) is 0 Å². The maximum absolute atomic E-state index is 12.4. The Kier molecular flexibility index (Phi) is 6.31. The Bertz CT molecular complexity index is 681. The van der Waals surface area contributed by atoms with E-state index in [0.29, 0.717) is 17.6 Å². The first-order valence-electron chi connectivity index (χ1n) is 8.62. The quantitative estimate of drug-likeness (QED) is 0.778. The second-order valence-electron chi connectivity index (χ2n) is 6.75. The average molecular weight is 377 g/mol. The lowest BCUT2D eigenvalue weighted by Crippen LogP contribution is -2.43. The lowest BCUT2D eigenvalue weighted by atomic mass is 9.92. The number of thioether (sulfide) groups is 1. The van der Waals surface area contributed by atoms with Crippen LogP contribution in [0.3, 0.4) is 0 Å². The molecule has 1 saturated heterocycles. The summed E-state index contributed by atoms with van der Waals surface area (Å²) >= 11 is 2.98. The normalized spacial score (nSPS) is 20.5. The van der Waals surface area contributed by atoms with Crippen LogP contribution in [0.4, 0.5) is 5.13 Å². The molecule has 1 aliphatic heterocycles. The fraction of sp³-hybridized carbons (Fsp3) is 0.500. The Balaban J connectivity index is 1.46. The van der Waals surface area contributed by atoms with Crippen molar-refractivity contribution in [3.8, 4) is 0 Å². The van der Waals surface area contributed by atoms with Crippen LogP contribution in [0.25, 0.3) is 0 Å². The molecule has 0 bridgehead atoms. The van der Waals surface area contributed by atoms with Crippen LogP contribution >= 0.6 is 23.1 Å². The number of rotatable bonds is 6. The van der Waals surface area contributed by atoms with Gasteiger partial charge in [-0.1, -0.05) is 67.3 Å². The zero-order chi connectivity index (χ0) is 17.6. The maximum Gasteiger partial charge on any atom is 0.233 e. The molecule has 1 aromatic carbocycles. The average Bonchev–Trinajstić information content (AvgIpc) is 3.06. The summed E-state index contributed by atoms with van der Waals surface area (Å²) in [6.07, 6.45) is 1.21. The summed E-state index contributed by atoms with van der Waals surface area (Å²) in [5.41, 5.74) is 1.20. The van der Waals surface area contributed by atoms with E-state index >= 15 is 0 Å². The van der Waals surface area contributed by atoms with Crippen molar-refractivity contribution in [3.63, 3.8) is 0 Å². The van der Waals surface area contributed by atoms with Crippen LogP contribution in [0.1, 0.15) is 25.8 Å². The van der Waals surface area contributed by atoms with Gasteiger partial charge in [-0.3, -0.25) is 4.79 Å². The minimum absolute atomic E-state index is 0.206. The number of nitrogens with one attached hydrogen (secondary N) is 1. The summed E-state index contributed by atoms with van der Waals surface area (Å²) in [6.45, 7) is 6.92. The summed E-state index contributed by atoms with van der Waals surface area (Å²) in [5.74, 6) is 1.82. The fourth-order valence-corrected chi connectivity index (χ4v) is 4.84. The van der Waals surface area contributed by atoms with Crippen LogP contribution in [0, 0.1) is 11.8 Å². The Hall–Kier alpha value is -1.60. The third kappa shape index (κ3) is 5.44. The Labute approximate surface area is 157 Å². The van der Waals surface area contributed by atoms with E-state index in [2.05, 4.69) is 41.5 Å². The number of piperidine rings is 1. The molecular weight excluding hydrogens is 352 g/mol. The van der Waals surface area contributed by atoms with E-state index in [1.165, 1.54) is 35.1 Å². The van der Waals surface area contributed by atoms with Gasteiger partial charge in [0.25, 0.3) is 0 Å². The molecule has 0 spiro atoms. The van der Waals surface area contributed by atoms with E-state index in [4.69, 9.17) is 0 Å². The SMILES string of the molecule is C[C@@H]1C[C@H](C)CN(C(=O)CSc2nnc(NCc3ccccc3)s2)C1. The number of carbonyl (C=O) groups is 1. The highest BCUT2D eigenvalue weighted by Gasteiger charge is 2.25. The summed E-state index contributed by atoms with van der Waals surface area (Å²) < 4.78 is 0.835. The van der Waals surface area contributed by atoms with Crippen molar-refractivity contribution >= 4 is 34.1 Å². The van der Waals surface area contributed by atoms with E-state index < -0.39 is 0 Å². The lowest BCUT2D eigenvalue weighted by Gasteiger charge is -2.34. The molecule has 1 amide bonds. The molecule has 3 rings (SSSR count). The zero-order valence-electron chi connectivity index (χ0n) is 14.6. The summed E-state index contributed by atoms with van der Waals surface area (Å²) in [7, 11) is 0. The minimum Gasteiger partial charge on any atom is -0.356 e. The molecule has 1 aliphatic rings. The Morgan fingerprint density at radius 2 is 1.96 bits per heavy atom. The topological polar surface area (TPSA) is 58.1 Å². The molecule has 2 aromatic rings. The smallest absolute Gasteiger partial charge is 0.233 e. The summed E-state index contributed by atoms with van der Waals surface area (Å²) in [5, 5.41) is 12.4. The molecule has 5 nitrogen and oxygen atoms in total. The third-order valence-corrected chi connectivity index (χ3v) is 6.23. The Morgan fingerprint density at radius 3 is 2.68 bits per heavy atom. The van der Waals surface area contributed by atoms with E-state index in [1.807, 2.05) is 23.1 Å². The highest BCUT2D eigenvalue weighted by molar-refractivity contribution is 8.01. The molecule has 0 radical (unpaired) electrons. The van der Waals surface area contributed by atoms with Crippen molar-refractivity contribution in [2.45, 2.75) is 31.2 Å². The number of amides is 1. The van der Waals surface area contributed by atoms with Gasteiger partial charge in [-0.15, -0.1) is 10.2 Å². The number of nitrogens with zero attached hydrogens (tertiary/aromatic N) is 3. The number of likely N-dealkylation sites (tertiary alicyclic amines) is 1. The highest BCUT2D eigenvalue weighted by atomic mass is 32.2. The Morgan fingerprint density at radius 1 is 1.24 bits per heavy atom.